The van der Waals surface area contributed by atoms with E-state index >= 15 is 0 Å². The Morgan fingerprint density at radius 1 is 1.18 bits per heavy atom. The maximum absolute atomic E-state index is 5.63. The molecule has 0 unspecified atom stereocenters. The van der Waals surface area contributed by atoms with Crippen molar-refractivity contribution < 1.29 is 4.74 Å². The molecule has 2 rings (SSSR count). The molecule has 2 aromatic rings. The Morgan fingerprint density at radius 3 is 2.75 bits per heavy atom. The molecule has 0 saturated heterocycles. The molecule has 0 saturated carbocycles. The van der Waals surface area contributed by atoms with E-state index in [2.05, 4.69) is 70.2 Å². The number of guanidine groups is 1. The Labute approximate surface area is 169 Å². The quantitative estimate of drug-likeness (QED) is 0.335. The van der Waals surface area contributed by atoms with Gasteiger partial charge in [0.15, 0.2) is 5.96 Å². The molecule has 0 spiro atoms. The lowest BCUT2D eigenvalue weighted by molar-refractivity contribution is 0.130. The molecule has 6 heteroatoms. The van der Waals surface area contributed by atoms with Gasteiger partial charge in [-0.25, -0.2) is 4.98 Å². The molecular weight excluding hydrogens is 350 g/mol. The van der Waals surface area contributed by atoms with Crippen LogP contribution in [0.2, 0.25) is 0 Å². The highest BCUT2D eigenvalue weighted by atomic mass is 16.5. The predicted molar refractivity (Wildman–Crippen MR) is 116 cm³/mol. The maximum atomic E-state index is 5.63. The zero-order valence-electron chi connectivity index (χ0n) is 17.5. The molecule has 6 nitrogen and oxygen atoms in total. The summed E-state index contributed by atoms with van der Waals surface area (Å²) >= 11 is 0. The molecule has 0 radical (unpaired) electrons. The molecule has 0 aliphatic carbocycles. The molecule has 0 fully saturated rings. The van der Waals surface area contributed by atoms with E-state index in [0.29, 0.717) is 19.1 Å². The summed E-state index contributed by atoms with van der Waals surface area (Å²) in [4.78, 5) is 9.09. The van der Waals surface area contributed by atoms with E-state index in [1.165, 1.54) is 5.56 Å². The van der Waals surface area contributed by atoms with Crippen molar-refractivity contribution in [1.82, 2.24) is 20.2 Å². The van der Waals surface area contributed by atoms with Crippen LogP contribution in [0.3, 0.4) is 0 Å². The van der Waals surface area contributed by atoms with Crippen molar-refractivity contribution in [3.63, 3.8) is 0 Å². The van der Waals surface area contributed by atoms with Gasteiger partial charge in [-0.2, -0.15) is 0 Å². The summed E-state index contributed by atoms with van der Waals surface area (Å²) in [5.41, 5.74) is 1.28. The van der Waals surface area contributed by atoms with E-state index in [0.717, 1.165) is 50.9 Å². The Bertz CT molecular complexity index is 681. The van der Waals surface area contributed by atoms with Crippen molar-refractivity contribution >= 4 is 5.96 Å². The van der Waals surface area contributed by atoms with Crippen LogP contribution in [-0.4, -0.2) is 48.4 Å². The molecular formula is C22H35N5O. The summed E-state index contributed by atoms with van der Waals surface area (Å²) < 4.78 is 7.83. The third-order valence-electron chi connectivity index (χ3n) is 4.33. The Hall–Kier alpha value is -2.34. The minimum atomic E-state index is 0.658. The summed E-state index contributed by atoms with van der Waals surface area (Å²) in [5, 5.41) is 6.67. The highest BCUT2D eigenvalue weighted by Gasteiger charge is 2.04. The van der Waals surface area contributed by atoms with Crippen LogP contribution in [0.1, 0.15) is 38.6 Å². The van der Waals surface area contributed by atoms with E-state index < -0.39 is 0 Å². The van der Waals surface area contributed by atoms with Crippen LogP contribution in [0.15, 0.2) is 47.7 Å². The highest BCUT2D eigenvalue weighted by molar-refractivity contribution is 5.79. The number of hydrogen-bond donors (Lipinski definition) is 2. The Morgan fingerprint density at radius 2 is 2.00 bits per heavy atom. The standard InChI is InChI=1S/C22H35N5O/c1-4-23-22(26-14-17-28-16-11-19(2)3)25-12-10-21-24-13-15-27(21)18-20-8-6-5-7-9-20/h5-9,13,15,19H,4,10-12,14,16-18H2,1-3H3,(H2,23,25,26). The largest absolute Gasteiger partial charge is 0.380 e. The van der Waals surface area contributed by atoms with Gasteiger partial charge in [0.25, 0.3) is 0 Å². The minimum absolute atomic E-state index is 0.658. The second kappa shape index (κ2) is 12.9. The first-order chi connectivity index (χ1) is 13.7. The normalized spacial score (nSPS) is 11.8. The van der Waals surface area contributed by atoms with Gasteiger partial charge in [0.1, 0.15) is 5.82 Å². The second-order valence-corrected chi connectivity index (χ2v) is 7.19. The van der Waals surface area contributed by atoms with E-state index in [-0.39, 0.29) is 0 Å². The molecule has 0 amide bonds. The number of imidazole rings is 1. The van der Waals surface area contributed by atoms with E-state index in [9.17, 15) is 0 Å². The van der Waals surface area contributed by atoms with Crippen molar-refractivity contribution in [1.29, 1.82) is 0 Å². The van der Waals surface area contributed by atoms with Crippen LogP contribution in [-0.2, 0) is 17.7 Å². The van der Waals surface area contributed by atoms with Crippen molar-refractivity contribution in [2.75, 3.05) is 32.8 Å². The van der Waals surface area contributed by atoms with Crippen LogP contribution in [0, 0.1) is 5.92 Å². The zero-order chi connectivity index (χ0) is 20.0. The lowest BCUT2D eigenvalue weighted by Gasteiger charge is -2.12. The highest BCUT2D eigenvalue weighted by Crippen LogP contribution is 2.05. The van der Waals surface area contributed by atoms with Gasteiger partial charge in [0.2, 0.25) is 0 Å². The van der Waals surface area contributed by atoms with Crippen molar-refractivity contribution in [2.24, 2.45) is 10.9 Å². The molecule has 0 bridgehead atoms. The topological polar surface area (TPSA) is 63.5 Å². The summed E-state index contributed by atoms with van der Waals surface area (Å²) in [5.74, 6) is 2.58. The third-order valence-corrected chi connectivity index (χ3v) is 4.33. The first-order valence-electron chi connectivity index (χ1n) is 10.3. The van der Waals surface area contributed by atoms with E-state index in [1.54, 1.807) is 0 Å². The van der Waals surface area contributed by atoms with Gasteiger partial charge in [0.05, 0.1) is 13.2 Å². The van der Waals surface area contributed by atoms with Gasteiger partial charge < -0.3 is 19.9 Å². The molecule has 154 valence electrons. The number of aliphatic imine (C=N–C) groups is 1. The van der Waals surface area contributed by atoms with Crippen LogP contribution in [0.4, 0.5) is 0 Å². The predicted octanol–water partition coefficient (Wildman–Crippen LogP) is 3.09. The van der Waals surface area contributed by atoms with Crippen LogP contribution in [0.25, 0.3) is 0 Å². The van der Waals surface area contributed by atoms with Gasteiger partial charge in [-0.05, 0) is 24.8 Å². The lowest BCUT2D eigenvalue weighted by atomic mass is 10.1. The number of nitrogens with one attached hydrogen (secondary N) is 2. The first kappa shape index (κ1) is 22.0. The van der Waals surface area contributed by atoms with E-state index in [1.807, 2.05) is 18.5 Å². The number of aromatic nitrogens is 2. The van der Waals surface area contributed by atoms with Crippen molar-refractivity contribution in [3.05, 3.63) is 54.1 Å². The fraction of sp³-hybridized carbons (Fsp3) is 0.545. The molecule has 0 aliphatic rings. The SMILES string of the molecule is CCNC(=NCCOCCC(C)C)NCCc1nccn1Cc1ccccc1. The van der Waals surface area contributed by atoms with Crippen LogP contribution >= 0.6 is 0 Å². The smallest absolute Gasteiger partial charge is 0.191 e. The summed E-state index contributed by atoms with van der Waals surface area (Å²) in [6, 6.07) is 10.5. The van der Waals surface area contributed by atoms with Crippen molar-refractivity contribution in [3.8, 4) is 0 Å². The average Bonchev–Trinajstić information content (AvgIpc) is 3.12. The Kier molecular flexibility index (Phi) is 10.1. The molecule has 1 heterocycles. The number of rotatable bonds is 12. The van der Waals surface area contributed by atoms with E-state index in [4.69, 9.17) is 4.74 Å². The second-order valence-electron chi connectivity index (χ2n) is 7.19. The molecule has 2 N–H and O–H groups in total. The van der Waals surface area contributed by atoms with Crippen molar-refractivity contribution in [2.45, 2.75) is 40.2 Å². The maximum Gasteiger partial charge on any atom is 0.191 e. The molecule has 1 aromatic carbocycles. The zero-order valence-corrected chi connectivity index (χ0v) is 17.5. The lowest BCUT2D eigenvalue weighted by Crippen LogP contribution is -2.38. The number of benzene rings is 1. The Balaban J connectivity index is 1.75. The number of ether oxygens (including phenoxy) is 1. The fourth-order valence-electron chi connectivity index (χ4n) is 2.77. The molecule has 0 aliphatic heterocycles. The van der Waals surface area contributed by atoms with Gasteiger partial charge in [-0.1, -0.05) is 44.2 Å². The van der Waals surface area contributed by atoms with Gasteiger partial charge in [-0.15, -0.1) is 0 Å². The third kappa shape index (κ3) is 8.57. The summed E-state index contributed by atoms with van der Waals surface area (Å²) in [7, 11) is 0. The molecule has 1 aromatic heterocycles. The number of nitrogens with zero attached hydrogens (tertiary/aromatic N) is 3. The van der Waals surface area contributed by atoms with Gasteiger partial charge in [0, 0.05) is 45.1 Å². The van der Waals surface area contributed by atoms with Crippen LogP contribution < -0.4 is 10.6 Å². The molecule has 0 atom stereocenters. The fourth-order valence-corrected chi connectivity index (χ4v) is 2.77. The monoisotopic (exact) mass is 385 g/mol. The van der Waals surface area contributed by atoms with Gasteiger partial charge >= 0.3 is 0 Å². The number of hydrogen-bond acceptors (Lipinski definition) is 3. The minimum Gasteiger partial charge on any atom is -0.380 e. The average molecular weight is 386 g/mol. The summed E-state index contributed by atoms with van der Waals surface area (Å²) in [6.45, 7) is 11.1. The molecule has 28 heavy (non-hydrogen) atoms. The van der Waals surface area contributed by atoms with Crippen LogP contribution in [0.5, 0.6) is 0 Å². The summed E-state index contributed by atoms with van der Waals surface area (Å²) in [6.07, 6.45) is 5.84. The van der Waals surface area contributed by atoms with Gasteiger partial charge in [-0.3, -0.25) is 4.99 Å². The first-order valence-corrected chi connectivity index (χ1v) is 10.3.